The van der Waals surface area contributed by atoms with Gasteiger partial charge in [-0.2, -0.15) is 13.2 Å². The van der Waals surface area contributed by atoms with Gasteiger partial charge in [0, 0.05) is 44.2 Å². The van der Waals surface area contributed by atoms with Crippen LogP contribution in [0, 0.1) is 5.92 Å². The molecule has 1 atom stereocenters. The summed E-state index contributed by atoms with van der Waals surface area (Å²) in [6.07, 6.45) is 0.977. The Labute approximate surface area is 287 Å². The Bertz CT molecular complexity index is 1670. The van der Waals surface area contributed by atoms with E-state index in [9.17, 15) is 32.7 Å². The normalized spacial score (nSPS) is 19.3. The Morgan fingerprint density at radius 2 is 1.55 bits per heavy atom. The van der Waals surface area contributed by atoms with Crippen molar-refractivity contribution in [1.82, 2.24) is 29.5 Å². The van der Waals surface area contributed by atoms with E-state index in [1.54, 1.807) is 9.80 Å². The molecule has 0 radical (unpaired) electrons. The Hall–Kier alpha value is -3.84. The summed E-state index contributed by atoms with van der Waals surface area (Å²) in [6, 6.07) is 11.5. The molecule has 0 saturated carbocycles. The molecule has 10 nitrogen and oxygen atoms in total. The lowest BCUT2D eigenvalue weighted by Crippen LogP contribution is -2.50. The van der Waals surface area contributed by atoms with Gasteiger partial charge in [-0.1, -0.05) is 48.4 Å². The smallest absolute Gasteiger partial charge is 0.420 e. The van der Waals surface area contributed by atoms with Gasteiger partial charge in [0.15, 0.2) is 5.82 Å². The van der Waals surface area contributed by atoms with E-state index in [4.69, 9.17) is 11.6 Å². The highest BCUT2D eigenvalue weighted by Crippen LogP contribution is 2.41. The molecule has 0 bridgehead atoms. The Kier molecular flexibility index (Phi) is 10.7. The molecule has 49 heavy (non-hydrogen) atoms. The minimum absolute atomic E-state index is 0.121. The number of likely N-dealkylation sites (tertiary alicyclic amines) is 3. The summed E-state index contributed by atoms with van der Waals surface area (Å²) in [4.78, 5) is 49.1. The maximum absolute atomic E-state index is 14.0. The van der Waals surface area contributed by atoms with Crippen LogP contribution in [0.15, 0.2) is 47.3 Å². The third-order valence-corrected chi connectivity index (χ3v) is 10.5. The van der Waals surface area contributed by atoms with Crippen molar-refractivity contribution >= 4 is 23.4 Å². The zero-order chi connectivity index (χ0) is 34.7. The van der Waals surface area contributed by atoms with Crippen LogP contribution in [-0.2, 0) is 22.2 Å². The molecule has 2 aromatic carbocycles. The number of aromatic amines is 1. The molecule has 0 aliphatic carbocycles. The molecule has 3 fully saturated rings. The van der Waals surface area contributed by atoms with Crippen molar-refractivity contribution < 1.29 is 27.9 Å². The number of piperidine rings is 3. The van der Waals surface area contributed by atoms with Crippen molar-refractivity contribution in [2.45, 2.75) is 76.0 Å². The van der Waals surface area contributed by atoms with E-state index in [1.807, 2.05) is 30.3 Å². The summed E-state index contributed by atoms with van der Waals surface area (Å²) in [6.45, 7) is 3.83. The second-order valence-electron chi connectivity index (χ2n) is 13.4. The van der Waals surface area contributed by atoms with Crippen molar-refractivity contribution in [3.05, 3.63) is 69.1 Å². The predicted molar refractivity (Wildman–Crippen MR) is 178 cm³/mol. The average Bonchev–Trinajstić information content (AvgIpc) is 3.51. The third-order valence-electron chi connectivity index (χ3n) is 10.2. The number of phenols is 1. The van der Waals surface area contributed by atoms with Gasteiger partial charge in [0.25, 0.3) is 0 Å². The Morgan fingerprint density at radius 1 is 0.918 bits per heavy atom. The molecule has 1 aromatic heterocycles. The molecule has 3 aliphatic rings. The Balaban J connectivity index is 1.14. The number of phenolic OH excluding ortho intramolecular Hbond substituents is 1. The first-order chi connectivity index (χ1) is 23.5. The monoisotopic (exact) mass is 702 g/mol. The summed E-state index contributed by atoms with van der Waals surface area (Å²) < 4.78 is 42.6. The lowest BCUT2D eigenvalue weighted by Gasteiger charge is -2.41. The molecule has 3 saturated heterocycles. The van der Waals surface area contributed by atoms with Gasteiger partial charge in [0.1, 0.15) is 5.75 Å². The maximum Gasteiger partial charge on any atom is 0.420 e. The number of rotatable bonds is 8. The lowest BCUT2D eigenvalue weighted by atomic mass is 9.91. The fourth-order valence-electron chi connectivity index (χ4n) is 7.52. The summed E-state index contributed by atoms with van der Waals surface area (Å²) in [7, 11) is 0. The van der Waals surface area contributed by atoms with Gasteiger partial charge in [-0.05, 0) is 75.7 Å². The van der Waals surface area contributed by atoms with E-state index in [-0.39, 0.29) is 42.0 Å². The Morgan fingerprint density at radius 3 is 2.20 bits per heavy atom. The molecule has 264 valence electrons. The number of alkyl halides is 3. The van der Waals surface area contributed by atoms with Crippen LogP contribution in [0.1, 0.15) is 68.5 Å². The van der Waals surface area contributed by atoms with Gasteiger partial charge in [0.2, 0.25) is 11.8 Å². The first kappa shape index (κ1) is 35.0. The summed E-state index contributed by atoms with van der Waals surface area (Å²) in [5.41, 5.74) is -0.699. The van der Waals surface area contributed by atoms with Gasteiger partial charge < -0.3 is 19.8 Å². The lowest BCUT2D eigenvalue weighted by molar-refractivity contribution is -0.143. The molecule has 0 spiro atoms. The molecular weight excluding hydrogens is 661 g/mol. The fourth-order valence-corrected chi connectivity index (χ4v) is 7.77. The van der Waals surface area contributed by atoms with Crippen molar-refractivity contribution in [2.75, 3.05) is 39.3 Å². The van der Waals surface area contributed by atoms with E-state index in [0.29, 0.717) is 50.9 Å². The van der Waals surface area contributed by atoms with E-state index in [2.05, 4.69) is 15.0 Å². The van der Waals surface area contributed by atoms with Crippen LogP contribution in [0.3, 0.4) is 0 Å². The molecule has 6 rings (SSSR count). The minimum Gasteiger partial charge on any atom is -0.506 e. The van der Waals surface area contributed by atoms with Crippen molar-refractivity contribution in [3.63, 3.8) is 0 Å². The fraction of sp³-hybridized carbons (Fsp3) is 0.543. The average molecular weight is 703 g/mol. The number of carbonyl (C=O) groups is 2. The molecule has 2 N–H and O–H groups in total. The van der Waals surface area contributed by atoms with Crippen LogP contribution in [0.4, 0.5) is 13.2 Å². The van der Waals surface area contributed by atoms with Crippen LogP contribution < -0.4 is 5.69 Å². The number of hydrogen-bond acceptors (Lipinski definition) is 6. The second-order valence-corrected chi connectivity index (χ2v) is 13.8. The SMILES string of the molecule is O=C(C[C@H](Cc1cc(Cl)c(O)c(C(F)(F)F)c1)C(=O)N1CCC(N2CCCCC2)CC1)N1CCC(n2nc(-c3ccccc3)[nH]c2=O)CC1. The quantitative estimate of drug-likeness (QED) is 0.320. The van der Waals surface area contributed by atoms with Gasteiger partial charge in [-0.25, -0.2) is 9.48 Å². The number of nitrogens with zero attached hydrogens (tertiary/aromatic N) is 5. The van der Waals surface area contributed by atoms with Crippen molar-refractivity contribution in [1.29, 1.82) is 0 Å². The molecular formula is C35H42ClF3N6O4. The molecule has 0 unspecified atom stereocenters. The zero-order valence-corrected chi connectivity index (χ0v) is 28.1. The highest BCUT2D eigenvalue weighted by atomic mass is 35.5. The van der Waals surface area contributed by atoms with E-state index in [0.717, 1.165) is 37.6 Å². The molecule has 3 aliphatic heterocycles. The maximum atomic E-state index is 14.0. The van der Waals surface area contributed by atoms with Crippen LogP contribution in [0.2, 0.25) is 5.02 Å². The first-order valence-corrected chi connectivity index (χ1v) is 17.5. The van der Waals surface area contributed by atoms with E-state index < -0.39 is 28.4 Å². The summed E-state index contributed by atoms with van der Waals surface area (Å²) in [5, 5.41) is 14.1. The number of nitrogens with one attached hydrogen (secondary N) is 1. The zero-order valence-electron chi connectivity index (χ0n) is 27.3. The number of halogens is 4. The number of aromatic nitrogens is 3. The van der Waals surface area contributed by atoms with Crippen LogP contribution in [-0.4, -0.2) is 91.7 Å². The first-order valence-electron chi connectivity index (χ1n) is 17.1. The largest absolute Gasteiger partial charge is 0.506 e. The van der Waals surface area contributed by atoms with Gasteiger partial charge in [-0.15, -0.1) is 5.10 Å². The number of benzene rings is 2. The molecule has 3 aromatic rings. The predicted octanol–water partition coefficient (Wildman–Crippen LogP) is 5.51. The number of H-pyrrole nitrogens is 1. The topological polar surface area (TPSA) is 115 Å². The minimum atomic E-state index is -4.85. The summed E-state index contributed by atoms with van der Waals surface area (Å²) >= 11 is 6.01. The van der Waals surface area contributed by atoms with Crippen LogP contribution in [0.5, 0.6) is 5.75 Å². The van der Waals surface area contributed by atoms with Crippen LogP contribution >= 0.6 is 11.6 Å². The molecule has 14 heteroatoms. The van der Waals surface area contributed by atoms with Gasteiger partial charge in [-0.3, -0.25) is 14.6 Å². The third kappa shape index (κ3) is 8.15. The number of carbonyl (C=O) groups excluding carboxylic acids is 2. The molecule has 4 heterocycles. The highest BCUT2D eigenvalue weighted by molar-refractivity contribution is 6.32. The van der Waals surface area contributed by atoms with E-state index in [1.165, 1.54) is 30.0 Å². The standard InChI is InChI=1S/C35H42ClF3N6O4/c36-29-21-23(20-28(31(29)47)35(37,38)39)19-25(33(48)44-17-9-26(10-18-44)42-13-5-2-6-14-42)22-30(46)43-15-11-27(12-16-43)45-34(49)40-32(41-45)24-7-3-1-4-8-24/h1,3-4,7-8,20-21,25-27,47H,2,5-6,9-19,22H2,(H,40,41,49)/t25-/m0/s1. The second kappa shape index (κ2) is 15.0. The van der Waals surface area contributed by atoms with Gasteiger partial charge >= 0.3 is 11.9 Å². The van der Waals surface area contributed by atoms with Gasteiger partial charge in [0.05, 0.1) is 22.5 Å². The molecule has 2 amide bonds. The number of amides is 2. The van der Waals surface area contributed by atoms with Crippen LogP contribution in [0.25, 0.3) is 11.4 Å². The highest BCUT2D eigenvalue weighted by Gasteiger charge is 2.37. The number of hydrogen-bond donors (Lipinski definition) is 2. The van der Waals surface area contributed by atoms with E-state index >= 15 is 0 Å². The summed E-state index contributed by atoms with van der Waals surface area (Å²) in [5.74, 6) is -2.06. The number of aromatic hydroxyl groups is 1. The van der Waals surface area contributed by atoms with Crippen molar-refractivity contribution in [3.8, 4) is 17.1 Å². The van der Waals surface area contributed by atoms with Crippen molar-refractivity contribution in [2.24, 2.45) is 5.92 Å².